The maximum atomic E-state index is 3.58. The Morgan fingerprint density at radius 1 is 1.20 bits per heavy atom. The highest BCUT2D eigenvalue weighted by Crippen LogP contribution is 2.38. The number of thioether (sulfide) groups is 1. The lowest BCUT2D eigenvalue weighted by Crippen LogP contribution is -2.01. The smallest absolute Gasteiger partial charge is 0.0481 e. The van der Waals surface area contributed by atoms with Crippen molar-refractivity contribution in [2.24, 2.45) is 7.05 Å². The zero-order chi connectivity index (χ0) is 13.8. The largest absolute Gasteiger partial charge is 0.380 e. The second-order valence-electron chi connectivity index (χ2n) is 5.56. The molecule has 1 saturated carbocycles. The van der Waals surface area contributed by atoms with Crippen LogP contribution >= 0.6 is 11.8 Å². The van der Waals surface area contributed by atoms with Crippen molar-refractivity contribution in [3.63, 3.8) is 0 Å². The molecule has 1 heterocycles. The normalized spacial score (nSPS) is 15.7. The van der Waals surface area contributed by atoms with Crippen molar-refractivity contribution in [2.45, 2.75) is 42.4 Å². The summed E-state index contributed by atoms with van der Waals surface area (Å²) < 4.78 is 2.09. The topological polar surface area (TPSA) is 17.0 Å². The van der Waals surface area contributed by atoms with E-state index in [-0.39, 0.29) is 0 Å². The Morgan fingerprint density at radius 3 is 2.75 bits per heavy atom. The lowest BCUT2D eigenvalue weighted by molar-refractivity contribution is 0.886. The van der Waals surface area contributed by atoms with Crippen LogP contribution in [0.2, 0.25) is 0 Å². The predicted octanol–water partition coefficient (Wildman–Crippen LogP) is 4.67. The zero-order valence-corrected chi connectivity index (χ0v) is 12.8. The molecule has 2 aromatic rings. The molecule has 20 heavy (non-hydrogen) atoms. The summed E-state index contributed by atoms with van der Waals surface area (Å²) in [6, 6.07) is 10.9. The van der Waals surface area contributed by atoms with Gasteiger partial charge in [-0.05, 0) is 36.6 Å². The first kappa shape index (κ1) is 13.6. The molecule has 0 amide bonds. The van der Waals surface area contributed by atoms with Crippen LogP contribution in [0, 0.1) is 0 Å². The molecule has 3 rings (SSSR count). The summed E-state index contributed by atoms with van der Waals surface area (Å²) in [7, 11) is 2.06. The summed E-state index contributed by atoms with van der Waals surface area (Å²) >= 11 is 2.05. The second kappa shape index (κ2) is 6.40. The van der Waals surface area contributed by atoms with Crippen LogP contribution in [0.15, 0.2) is 47.6 Å². The number of anilines is 1. The monoisotopic (exact) mass is 286 g/mol. The number of para-hydroxylation sites is 1. The fraction of sp³-hybridized carbons (Fsp3) is 0.412. The molecule has 1 aromatic heterocycles. The highest BCUT2D eigenvalue weighted by Gasteiger charge is 2.17. The molecular formula is C17H22N2S. The van der Waals surface area contributed by atoms with Crippen LogP contribution in [-0.2, 0) is 13.6 Å². The number of rotatable bonds is 5. The highest BCUT2D eigenvalue weighted by molar-refractivity contribution is 8.00. The van der Waals surface area contributed by atoms with Crippen molar-refractivity contribution < 1.29 is 0 Å². The average molecular weight is 286 g/mol. The first-order valence-corrected chi connectivity index (χ1v) is 8.29. The van der Waals surface area contributed by atoms with E-state index in [1.54, 1.807) is 0 Å². The van der Waals surface area contributed by atoms with E-state index in [0.29, 0.717) is 0 Å². The summed E-state index contributed by atoms with van der Waals surface area (Å²) in [5.74, 6) is 0. The number of nitrogens with one attached hydrogen (secondary N) is 1. The molecule has 0 radical (unpaired) electrons. The third kappa shape index (κ3) is 3.40. The predicted molar refractivity (Wildman–Crippen MR) is 87.3 cm³/mol. The molecule has 0 atom stereocenters. The number of benzene rings is 1. The first-order valence-electron chi connectivity index (χ1n) is 7.42. The molecule has 1 aliphatic carbocycles. The van der Waals surface area contributed by atoms with Crippen molar-refractivity contribution in [3.05, 3.63) is 48.3 Å². The molecule has 2 nitrogen and oxygen atoms in total. The van der Waals surface area contributed by atoms with Crippen LogP contribution in [0.3, 0.4) is 0 Å². The Morgan fingerprint density at radius 2 is 2.00 bits per heavy atom. The Labute approximate surface area is 125 Å². The van der Waals surface area contributed by atoms with Gasteiger partial charge in [0.2, 0.25) is 0 Å². The Kier molecular flexibility index (Phi) is 4.36. The van der Waals surface area contributed by atoms with Gasteiger partial charge >= 0.3 is 0 Å². The number of nitrogens with zero attached hydrogens (tertiary/aromatic N) is 1. The standard InChI is InChI=1S/C17H22N2S/c1-19-11-10-14(13-19)12-18-16-8-4-5-9-17(16)20-15-6-2-3-7-15/h4-5,8-11,13,15,18H,2-3,6-7,12H2,1H3. The van der Waals surface area contributed by atoms with Gasteiger partial charge in [0, 0.05) is 41.8 Å². The SMILES string of the molecule is Cn1ccc(CNc2ccccc2SC2CCCC2)c1. The molecule has 3 heteroatoms. The average Bonchev–Trinajstić information content (AvgIpc) is 3.10. The minimum Gasteiger partial charge on any atom is -0.380 e. The van der Waals surface area contributed by atoms with Gasteiger partial charge in [-0.25, -0.2) is 0 Å². The maximum absolute atomic E-state index is 3.58. The lowest BCUT2D eigenvalue weighted by atomic mass is 10.3. The van der Waals surface area contributed by atoms with Gasteiger partial charge in [-0.3, -0.25) is 0 Å². The van der Waals surface area contributed by atoms with Crippen LogP contribution < -0.4 is 5.32 Å². The van der Waals surface area contributed by atoms with E-state index in [0.717, 1.165) is 11.8 Å². The fourth-order valence-electron chi connectivity index (χ4n) is 2.76. The zero-order valence-electron chi connectivity index (χ0n) is 12.0. The lowest BCUT2D eigenvalue weighted by Gasteiger charge is -2.14. The molecule has 0 aliphatic heterocycles. The highest BCUT2D eigenvalue weighted by atomic mass is 32.2. The van der Waals surface area contributed by atoms with Crippen molar-refractivity contribution in [2.75, 3.05) is 5.32 Å². The van der Waals surface area contributed by atoms with Gasteiger partial charge in [0.1, 0.15) is 0 Å². The van der Waals surface area contributed by atoms with Crippen LogP contribution in [0.1, 0.15) is 31.2 Å². The Hall–Kier alpha value is -1.35. The quantitative estimate of drug-likeness (QED) is 0.860. The molecule has 1 fully saturated rings. The third-order valence-corrected chi connectivity index (χ3v) is 5.27. The first-order chi connectivity index (χ1) is 9.81. The van der Waals surface area contributed by atoms with Crippen LogP contribution in [0.4, 0.5) is 5.69 Å². The minimum absolute atomic E-state index is 0.815. The van der Waals surface area contributed by atoms with Gasteiger partial charge in [-0.2, -0.15) is 0 Å². The van der Waals surface area contributed by atoms with Crippen LogP contribution in [-0.4, -0.2) is 9.82 Å². The van der Waals surface area contributed by atoms with E-state index in [1.165, 1.54) is 41.8 Å². The van der Waals surface area contributed by atoms with Crippen molar-refractivity contribution in [3.8, 4) is 0 Å². The van der Waals surface area contributed by atoms with Gasteiger partial charge in [0.25, 0.3) is 0 Å². The molecule has 1 aliphatic rings. The number of hydrogen-bond acceptors (Lipinski definition) is 2. The van der Waals surface area contributed by atoms with Crippen molar-refractivity contribution >= 4 is 17.4 Å². The summed E-state index contributed by atoms with van der Waals surface area (Å²) in [5, 5.41) is 4.40. The summed E-state index contributed by atoms with van der Waals surface area (Å²) in [6.07, 6.45) is 9.81. The summed E-state index contributed by atoms with van der Waals surface area (Å²) in [5.41, 5.74) is 2.60. The molecule has 0 saturated heterocycles. The van der Waals surface area contributed by atoms with E-state index < -0.39 is 0 Å². The number of aromatic nitrogens is 1. The minimum atomic E-state index is 0.815. The van der Waals surface area contributed by atoms with Gasteiger partial charge in [0.15, 0.2) is 0 Å². The van der Waals surface area contributed by atoms with E-state index in [4.69, 9.17) is 0 Å². The van der Waals surface area contributed by atoms with Crippen molar-refractivity contribution in [1.29, 1.82) is 0 Å². The number of hydrogen-bond donors (Lipinski definition) is 1. The van der Waals surface area contributed by atoms with E-state index in [9.17, 15) is 0 Å². The Bertz CT molecular complexity index is 556. The van der Waals surface area contributed by atoms with Gasteiger partial charge in [-0.15, -0.1) is 11.8 Å². The molecule has 0 unspecified atom stereocenters. The van der Waals surface area contributed by atoms with E-state index >= 15 is 0 Å². The summed E-state index contributed by atoms with van der Waals surface area (Å²) in [6.45, 7) is 0.892. The number of aryl methyl sites for hydroxylation is 1. The summed E-state index contributed by atoms with van der Waals surface area (Å²) in [4.78, 5) is 1.40. The third-order valence-electron chi connectivity index (χ3n) is 3.86. The van der Waals surface area contributed by atoms with Gasteiger partial charge < -0.3 is 9.88 Å². The molecule has 0 spiro atoms. The molecular weight excluding hydrogens is 264 g/mol. The fourth-order valence-corrected chi connectivity index (χ4v) is 4.12. The van der Waals surface area contributed by atoms with Gasteiger partial charge in [-0.1, -0.05) is 25.0 Å². The van der Waals surface area contributed by atoms with Crippen molar-refractivity contribution in [1.82, 2.24) is 4.57 Å². The van der Waals surface area contributed by atoms with Crippen LogP contribution in [0.25, 0.3) is 0 Å². The van der Waals surface area contributed by atoms with E-state index in [2.05, 4.69) is 71.4 Å². The molecule has 106 valence electrons. The second-order valence-corrected chi connectivity index (χ2v) is 6.90. The van der Waals surface area contributed by atoms with Gasteiger partial charge in [0.05, 0.1) is 0 Å². The molecule has 1 N–H and O–H groups in total. The molecule has 0 bridgehead atoms. The Balaban J connectivity index is 1.65. The molecule has 1 aromatic carbocycles. The maximum Gasteiger partial charge on any atom is 0.0481 e. The van der Waals surface area contributed by atoms with E-state index in [1.807, 2.05) is 0 Å². The van der Waals surface area contributed by atoms with Crippen LogP contribution in [0.5, 0.6) is 0 Å².